The van der Waals surface area contributed by atoms with Crippen LogP contribution in [0.15, 0.2) is 22.7 Å². The first-order chi connectivity index (χ1) is 6.26. The highest BCUT2D eigenvalue weighted by Gasteiger charge is 2.00. The van der Waals surface area contributed by atoms with Crippen LogP contribution in [0.25, 0.3) is 0 Å². The van der Waals surface area contributed by atoms with Crippen LogP contribution in [0.4, 0.5) is 0 Å². The van der Waals surface area contributed by atoms with Crippen LogP contribution < -0.4 is 9.47 Å². The molecule has 1 aromatic carbocycles. The van der Waals surface area contributed by atoms with E-state index in [4.69, 9.17) is 0 Å². The molecule has 0 aliphatic carbocycles. The molecular weight excluding hydrogens is 240 g/mol. The average molecular weight is 245 g/mol. The Labute approximate surface area is 82.6 Å². The molecule has 0 amide bonds. The molecular formula is C8H5BrO4. The van der Waals surface area contributed by atoms with Crippen molar-refractivity contribution >= 4 is 28.9 Å². The molecule has 68 valence electrons. The summed E-state index contributed by atoms with van der Waals surface area (Å²) >= 11 is 3.16. The number of carbonyl (C=O) groups excluding carboxylic acids is 2. The lowest BCUT2D eigenvalue weighted by Crippen LogP contribution is -1.92. The van der Waals surface area contributed by atoms with Crippen molar-refractivity contribution in [1.29, 1.82) is 0 Å². The Morgan fingerprint density at radius 2 is 1.46 bits per heavy atom. The van der Waals surface area contributed by atoms with Crippen LogP contribution in [0.1, 0.15) is 0 Å². The second kappa shape index (κ2) is 4.61. The molecule has 0 saturated carbocycles. The molecule has 0 bridgehead atoms. The molecule has 0 spiro atoms. The van der Waals surface area contributed by atoms with Crippen LogP contribution >= 0.6 is 15.9 Å². The van der Waals surface area contributed by atoms with Gasteiger partial charge in [0, 0.05) is 10.5 Å². The van der Waals surface area contributed by atoms with Crippen molar-refractivity contribution in [3.05, 3.63) is 22.7 Å². The molecule has 0 aliphatic heterocycles. The lowest BCUT2D eigenvalue weighted by atomic mass is 10.3. The van der Waals surface area contributed by atoms with Gasteiger partial charge < -0.3 is 9.47 Å². The van der Waals surface area contributed by atoms with Gasteiger partial charge in [-0.25, -0.2) is 0 Å². The van der Waals surface area contributed by atoms with Crippen LogP contribution in [0.3, 0.4) is 0 Å². The van der Waals surface area contributed by atoms with Gasteiger partial charge in [0.25, 0.3) is 12.9 Å². The topological polar surface area (TPSA) is 52.6 Å². The van der Waals surface area contributed by atoms with Crippen molar-refractivity contribution in [1.82, 2.24) is 0 Å². The normalized spacial score (nSPS) is 9.00. The molecule has 0 saturated heterocycles. The van der Waals surface area contributed by atoms with Crippen LogP contribution in [-0.4, -0.2) is 12.9 Å². The molecule has 0 radical (unpaired) electrons. The van der Waals surface area contributed by atoms with Crippen LogP contribution in [-0.2, 0) is 9.59 Å². The highest BCUT2D eigenvalue weighted by atomic mass is 79.9. The molecule has 0 unspecified atom stereocenters. The van der Waals surface area contributed by atoms with E-state index in [1.54, 1.807) is 12.1 Å². The molecule has 0 aliphatic rings. The van der Waals surface area contributed by atoms with Crippen molar-refractivity contribution < 1.29 is 19.1 Å². The Hall–Kier alpha value is -1.36. The van der Waals surface area contributed by atoms with Gasteiger partial charge in [0.2, 0.25) is 0 Å². The van der Waals surface area contributed by atoms with Crippen LogP contribution in [0.5, 0.6) is 11.5 Å². The Morgan fingerprint density at radius 3 is 1.85 bits per heavy atom. The second-order valence-electron chi connectivity index (χ2n) is 2.05. The molecule has 5 heteroatoms. The first kappa shape index (κ1) is 9.73. The molecule has 0 heterocycles. The maximum absolute atomic E-state index is 10.0. The zero-order valence-corrected chi connectivity index (χ0v) is 7.98. The van der Waals surface area contributed by atoms with E-state index in [0.29, 0.717) is 28.9 Å². The van der Waals surface area contributed by atoms with Gasteiger partial charge in [0.05, 0.1) is 0 Å². The van der Waals surface area contributed by atoms with Crippen molar-refractivity contribution in [2.45, 2.75) is 0 Å². The van der Waals surface area contributed by atoms with Gasteiger partial charge in [-0.05, 0) is 12.1 Å². The largest absolute Gasteiger partial charge is 0.429 e. The predicted molar refractivity (Wildman–Crippen MR) is 47.5 cm³/mol. The minimum Gasteiger partial charge on any atom is -0.429 e. The summed E-state index contributed by atoms with van der Waals surface area (Å²) in [6.45, 7) is 0.596. The molecule has 0 fully saturated rings. The minimum atomic E-state index is 0.298. The number of rotatable bonds is 4. The Kier molecular flexibility index (Phi) is 3.45. The van der Waals surface area contributed by atoms with E-state index in [-0.39, 0.29) is 0 Å². The van der Waals surface area contributed by atoms with Crippen molar-refractivity contribution in [3.63, 3.8) is 0 Å². The van der Waals surface area contributed by atoms with Gasteiger partial charge in [-0.1, -0.05) is 15.9 Å². The van der Waals surface area contributed by atoms with Crippen molar-refractivity contribution in [3.8, 4) is 11.5 Å². The van der Waals surface area contributed by atoms with Gasteiger partial charge in [0.15, 0.2) is 0 Å². The molecule has 0 aromatic heterocycles. The van der Waals surface area contributed by atoms with Crippen molar-refractivity contribution in [2.75, 3.05) is 0 Å². The SMILES string of the molecule is O=COc1cc(Br)cc(OC=O)c1. The Bertz CT molecular complexity index is 296. The Balaban J connectivity index is 2.95. The molecule has 1 rings (SSSR count). The van der Waals surface area contributed by atoms with E-state index in [2.05, 4.69) is 25.4 Å². The number of hydrogen-bond donors (Lipinski definition) is 0. The monoisotopic (exact) mass is 244 g/mol. The fourth-order valence-corrected chi connectivity index (χ4v) is 1.24. The highest BCUT2D eigenvalue weighted by Crippen LogP contribution is 2.25. The van der Waals surface area contributed by atoms with Gasteiger partial charge in [-0.15, -0.1) is 0 Å². The predicted octanol–water partition coefficient (Wildman–Crippen LogP) is 1.52. The van der Waals surface area contributed by atoms with E-state index < -0.39 is 0 Å². The first-order valence-electron chi connectivity index (χ1n) is 3.27. The molecule has 1 aromatic rings. The van der Waals surface area contributed by atoms with E-state index in [9.17, 15) is 9.59 Å². The maximum atomic E-state index is 10.0. The lowest BCUT2D eigenvalue weighted by molar-refractivity contribution is -0.121. The number of carbonyl (C=O) groups is 2. The number of benzene rings is 1. The van der Waals surface area contributed by atoms with Crippen molar-refractivity contribution in [2.24, 2.45) is 0 Å². The third-order valence-corrected chi connectivity index (χ3v) is 1.67. The summed E-state index contributed by atoms with van der Waals surface area (Å²) in [5.74, 6) is 0.613. The molecule has 13 heavy (non-hydrogen) atoms. The number of ether oxygens (including phenoxy) is 2. The Morgan fingerprint density at radius 1 is 1.00 bits per heavy atom. The summed E-state index contributed by atoms with van der Waals surface area (Å²) in [6, 6.07) is 4.58. The quantitative estimate of drug-likeness (QED) is 0.754. The first-order valence-corrected chi connectivity index (χ1v) is 4.07. The summed E-state index contributed by atoms with van der Waals surface area (Å²) in [4.78, 5) is 20.0. The smallest absolute Gasteiger partial charge is 0.298 e. The van der Waals surface area contributed by atoms with Crippen LogP contribution in [0.2, 0.25) is 0 Å². The van der Waals surface area contributed by atoms with Crippen LogP contribution in [0, 0.1) is 0 Å². The summed E-state index contributed by atoms with van der Waals surface area (Å²) in [7, 11) is 0. The fraction of sp³-hybridized carbons (Fsp3) is 0. The number of hydrogen-bond acceptors (Lipinski definition) is 4. The highest BCUT2D eigenvalue weighted by molar-refractivity contribution is 9.10. The summed E-state index contributed by atoms with van der Waals surface area (Å²) in [5, 5.41) is 0. The average Bonchev–Trinajstić information content (AvgIpc) is 2.04. The van der Waals surface area contributed by atoms with E-state index in [1.165, 1.54) is 6.07 Å². The maximum Gasteiger partial charge on any atom is 0.298 e. The van der Waals surface area contributed by atoms with E-state index in [0.717, 1.165) is 0 Å². The third-order valence-electron chi connectivity index (χ3n) is 1.21. The fourth-order valence-electron chi connectivity index (χ4n) is 0.784. The molecule has 4 nitrogen and oxygen atoms in total. The molecule has 0 atom stereocenters. The minimum absolute atomic E-state index is 0.298. The third kappa shape index (κ3) is 2.87. The zero-order valence-electron chi connectivity index (χ0n) is 6.40. The summed E-state index contributed by atoms with van der Waals surface area (Å²) in [6.07, 6.45) is 0. The van der Waals surface area contributed by atoms with Gasteiger partial charge in [-0.2, -0.15) is 0 Å². The van der Waals surface area contributed by atoms with E-state index in [1.807, 2.05) is 0 Å². The standard InChI is InChI=1S/C8H5BrO4/c9-6-1-7(12-4-10)3-8(2-6)13-5-11/h1-5H. The molecule has 0 N–H and O–H groups in total. The second-order valence-corrected chi connectivity index (χ2v) is 2.97. The van der Waals surface area contributed by atoms with Gasteiger partial charge in [0.1, 0.15) is 11.5 Å². The van der Waals surface area contributed by atoms with Gasteiger partial charge >= 0.3 is 0 Å². The summed E-state index contributed by atoms with van der Waals surface area (Å²) < 4.78 is 9.79. The van der Waals surface area contributed by atoms with Gasteiger partial charge in [-0.3, -0.25) is 9.59 Å². The zero-order chi connectivity index (χ0) is 9.68. The lowest BCUT2D eigenvalue weighted by Gasteiger charge is -2.01. The summed E-state index contributed by atoms with van der Waals surface area (Å²) in [5.41, 5.74) is 0. The number of halogens is 1. The van der Waals surface area contributed by atoms with E-state index >= 15 is 0 Å².